The van der Waals surface area contributed by atoms with Gasteiger partial charge in [0.05, 0.1) is 6.61 Å². The fraction of sp³-hybridized carbons (Fsp3) is 0.917. The molecular formula is C12H26N2O2. The van der Waals surface area contributed by atoms with Crippen molar-refractivity contribution in [1.29, 1.82) is 0 Å². The molecule has 1 amide bonds. The molecule has 0 aromatic rings. The van der Waals surface area contributed by atoms with E-state index in [1.54, 1.807) is 0 Å². The molecule has 0 aliphatic carbocycles. The molecule has 0 fully saturated rings. The maximum atomic E-state index is 11.6. The highest BCUT2D eigenvalue weighted by Crippen LogP contribution is 2.21. The van der Waals surface area contributed by atoms with Gasteiger partial charge in [-0.3, -0.25) is 4.79 Å². The number of carbonyl (C=O) groups excluding carboxylic acids is 1. The molecule has 4 nitrogen and oxygen atoms in total. The molecule has 0 aliphatic rings. The number of amides is 1. The molecule has 4 heteroatoms. The molecule has 16 heavy (non-hydrogen) atoms. The minimum absolute atomic E-state index is 0.0423. The minimum Gasteiger partial charge on any atom is -0.381 e. The molecule has 0 aromatic carbocycles. The zero-order valence-electron chi connectivity index (χ0n) is 11.0. The number of nitrogens with one attached hydrogen (secondary N) is 1. The molecule has 0 bridgehead atoms. The molecule has 0 aliphatic heterocycles. The van der Waals surface area contributed by atoms with Gasteiger partial charge in [0.2, 0.25) is 5.91 Å². The SMILES string of the molecule is CCOCCC(=O)NC(CCN)C(C)(C)C. The zero-order valence-corrected chi connectivity index (χ0v) is 11.0. The first-order valence-corrected chi connectivity index (χ1v) is 5.99. The number of rotatable bonds is 7. The summed E-state index contributed by atoms with van der Waals surface area (Å²) in [7, 11) is 0. The zero-order chi connectivity index (χ0) is 12.6. The average Bonchev–Trinajstić information content (AvgIpc) is 2.16. The van der Waals surface area contributed by atoms with Gasteiger partial charge in [-0.05, 0) is 25.3 Å². The molecule has 0 aromatic heterocycles. The molecule has 0 saturated carbocycles. The van der Waals surface area contributed by atoms with Crippen molar-refractivity contribution in [3.8, 4) is 0 Å². The standard InChI is InChI=1S/C12H26N2O2/c1-5-16-9-7-11(15)14-10(6-8-13)12(2,3)4/h10H,5-9,13H2,1-4H3,(H,14,15). The second-order valence-electron chi connectivity index (χ2n) is 5.01. The molecule has 0 spiro atoms. The summed E-state index contributed by atoms with van der Waals surface area (Å²) < 4.78 is 5.15. The smallest absolute Gasteiger partial charge is 0.222 e. The lowest BCUT2D eigenvalue weighted by atomic mass is 9.84. The Bertz CT molecular complexity index is 200. The van der Waals surface area contributed by atoms with Crippen LogP contribution in [0.3, 0.4) is 0 Å². The summed E-state index contributed by atoms with van der Waals surface area (Å²) in [5.74, 6) is 0.0434. The summed E-state index contributed by atoms with van der Waals surface area (Å²) in [6, 6.07) is 0.131. The third kappa shape index (κ3) is 6.80. The van der Waals surface area contributed by atoms with E-state index in [1.807, 2.05) is 6.92 Å². The molecule has 1 atom stereocenters. The van der Waals surface area contributed by atoms with Gasteiger partial charge in [0, 0.05) is 19.1 Å². The van der Waals surface area contributed by atoms with Gasteiger partial charge in [0.1, 0.15) is 0 Å². The van der Waals surface area contributed by atoms with E-state index in [9.17, 15) is 4.79 Å². The van der Waals surface area contributed by atoms with E-state index in [0.717, 1.165) is 6.42 Å². The Kier molecular flexibility index (Phi) is 7.34. The van der Waals surface area contributed by atoms with Crippen molar-refractivity contribution in [3.63, 3.8) is 0 Å². The number of nitrogens with two attached hydrogens (primary N) is 1. The van der Waals surface area contributed by atoms with Gasteiger partial charge in [0.25, 0.3) is 0 Å². The second-order valence-corrected chi connectivity index (χ2v) is 5.01. The van der Waals surface area contributed by atoms with Crippen LogP contribution >= 0.6 is 0 Å². The Morgan fingerprint density at radius 1 is 1.44 bits per heavy atom. The molecule has 3 N–H and O–H groups in total. The molecule has 0 radical (unpaired) electrons. The lowest BCUT2D eigenvalue weighted by molar-refractivity contribution is -0.123. The maximum absolute atomic E-state index is 11.6. The number of hydrogen-bond acceptors (Lipinski definition) is 3. The van der Waals surface area contributed by atoms with Crippen molar-refractivity contribution < 1.29 is 9.53 Å². The van der Waals surface area contributed by atoms with Crippen LogP contribution in [0.15, 0.2) is 0 Å². The Hall–Kier alpha value is -0.610. The number of ether oxygens (including phenoxy) is 1. The summed E-state index contributed by atoms with van der Waals surface area (Å²) >= 11 is 0. The molecule has 0 saturated heterocycles. The number of carbonyl (C=O) groups is 1. The van der Waals surface area contributed by atoms with Crippen LogP contribution in [0.4, 0.5) is 0 Å². The van der Waals surface area contributed by atoms with Crippen molar-refractivity contribution in [3.05, 3.63) is 0 Å². The van der Waals surface area contributed by atoms with Crippen molar-refractivity contribution in [2.75, 3.05) is 19.8 Å². The quantitative estimate of drug-likeness (QED) is 0.648. The predicted octanol–water partition coefficient (Wildman–Crippen LogP) is 1.29. The van der Waals surface area contributed by atoms with Crippen molar-refractivity contribution in [2.45, 2.75) is 46.6 Å². The van der Waals surface area contributed by atoms with Gasteiger partial charge in [-0.25, -0.2) is 0 Å². The highest BCUT2D eigenvalue weighted by molar-refractivity contribution is 5.76. The lowest BCUT2D eigenvalue weighted by Crippen LogP contribution is -2.45. The molecule has 1 unspecified atom stereocenters. The topological polar surface area (TPSA) is 64.3 Å². The van der Waals surface area contributed by atoms with Crippen LogP contribution in [-0.4, -0.2) is 31.7 Å². The van der Waals surface area contributed by atoms with Crippen LogP contribution in [0.2, 0.25) is 0 Å². The monoisotopic (exact) mass is 230 g/mol. The normalized spacial score (nSPS) is 13.6. The van der Waals surface area contributed by atoms with Gasteiger partial charge < -0.3 is 15.8 Å². The van der Waals surface area contributed by atoms with Crippen molar-refractivity contribution in [2.24, 2.45) is 11.1 Å². The van der Waals surface area contributed by atoms with Crippen LogP contribution in [0.1, 0.15) is 40.5 Å². The largest absolute Gasteiger partial charge is 0.381 e. The summed E-state index contributed by atoms with van der Waals surface area (Å²) in [6.07, 6.45) is 1.23. The van der Waals surface area contributed by atoms with E-state index in [-0.39, 0.29) is 17.4 Å². The Morgan fingerprint density at radius 2 is 2.06 bits per heavy atom. The molecule has 0 rings (SSSR count). The van der Waals surface area contributed by atoms with E-state index in [1.165, 1.54) is 0 Å². The first-order valence-electron chi connectivity index (χ1n) is 5.99. The first kappa shape index (κ1) is 15.4. The van der Waals surface area contributed by atoms with Crippen LogP contribution < -0.4 is 11.1 Å². The van der Waals surface area contributed by atoms with Crippen molar-refractivity contribution in [1.82, 2.24) is 5.32 Å². The fourth-order valence-electron chi connectivity index (χ4n) is 1.46. The second kappa shape index (κ2) is 7.63. The van der Waals surface area contributed by atoms with Crippen LogP contribution in [0, 0.1) is 5.41 Å². The van der Waals surface area contributed by atoms with E-state index in [4.69, 9.17) is 10.5 Å². The highest BCUT2D eigenvalue weighted by Gasteiger charge is 2.25. The third-order valence-electron chi connectivity index (χ3n) is 2.51. The first-order chi connectivity index (χ1) is 7.41. The van der Waals surface area contributed by atoms with Crippen LogP contribution in [-0.2, 0) is 9.53 Å². The van der Waals surface area contributed by atoms with Crippen molar-refractivity contribution >= 4 is 5.91 Å². The lowest BCUT2D eigenvalue weighted by Gasteiger charge is -2.31. The van der Waals surface area contributed by atoms with E-state index in [0.29, 0.717) is 26.2 Å². The summed E-state index contributed by atoms with van der Waals surface area (Å²) in [5.41, 5.74) is 5.59. The van der Waals surface area contributed by atoms with E-state index in [2.05, 4.69) is 26.1 Å². The Labute approximate surface area is 98.9 Å². The van der Waals surface area contributed by atoms with E-state index < -0.39 is 0 Å². The number of hydrogen-bond donors (Lipinski definition) is 2. The molecule has 96 valence electrons. The summed E-state index contributed by atoms with van der Waals surface area (Å²) in [5, 5.41) is 3.02. The highest BCUT2D eigenvalue weighted by atomic mass is 16.5. The minimum atomic E-state index is 0.0423. The fourth-order valence-corrected chi connectivity index (χ4v) is 1.46. The van der Waals surface area contributed by atoms with Gasteiger partial charge in [-0.2, -0.15) is 0 Å². The third-order valence-corrected chi connectivity index (χ3v) is 2.51. The summed E-state index contributed by atoms with van der Waals surface area (Å²) in [4.78, 5) is 11.6. The maximum Gasteiger partial charge on any atom is 0.222 e. The van der Waals surface area contributed by atoms with E-state index >= 15 is 0 Å². The average molecular weight is 230 g/mol. The Morgan fingerprint density at radius 3 is 2.50 bits per heavy atom. The van der Waals surface area contributed by atoms with Crippen LogP contribution in [0.5, 0.6) is 0 Å². The van der Waals surface area contributed by atoms with Gasteiger partial charge >= 0.3 is 0 Å². The summed E-state index contributed by atoms with van der Waals surface area (Å²) in [6.45, 7) is 9.97. The molecule has 0 heterocycles. The van der Waals surface area contributed by atoms with Crippen LogP contribution in [0.25, 0.3) is 0 Å². The molecular weight excluding hydrogens is 204 g/mol. The van der Waals surface area contributed by atoms with Gasteiger partial charge in [-0.15, -0.1) is 0 Å². The van der Waals surface area contributed by atoms with Gasteiger partial charge in [-0.1, -0.05) is 20.8 Å². The van der Waals surface area contributed by atoms with Gasteiger partial charge in [0.15, 0.2) is 0 Å². The predicted molar refractivity (Wildman–Crippen MR) is 66.2 cm³/mol. The Balaban J connectivity index is 4.04.